The normalized spacial score (nSPS) is 16.1. The van der Waals surface area contributed by atoms with Crippen molar-refractivity contribution in [2.75, 3.05) is 7.11 Å². The van der Waals surface area contributed by atoms with Crippen molar-refractivity contribution >= 4 is 39.5 Å². The number of hydrogen-bond acceptors (Lipinski definition) is 5. The summed E-state index contributed by atoms with van der Waals surface area (Å²) >= 11 is 1.40. The molecule has 1 aliphatic rings. The number of carboxylic acids is 1. The summed E-state index contributed by atoms with van der Waals surface area (Å²) in [6, 6.07) is 16.3. The molecule has 0 radical (unpaired) electrons. The molecule has 172 valence electrons. The molecule has 4 rings (SSSR count). The number of benzene rings is 2. The number of nitrogens with zero attached hydrogens (tertiary/aromatic N) is 1. The van der Waals surface area contributed by atoms with Crippen molar-refractivity contribution in [2.24, 2.45) is 0 Å². The van der Waals surface area contributed by atoms with Crippen molar-refractivity contribution in [2.45, 2.75) is 37.2 Å². The van der Waals surface area contributed by atoms with Crippen molar-refractivity contribution in [3.63, 3.8) is 0 Å². The fourth-order valence-electron chi connectivity index (χ4n) is 3.84. The molecule has 0 saturated carbocycles. The Morgan fingerprint density at radius 2 is 1.73 bits per heavy atom. The minimum absolute atomic E-state index is 0.113. The van der Waals surface area contributed by atoms with Gasteiger partial charge in [-0.25, -0.2) is 8.42 Å². The van der Waals surface area contributed by atoms with E-state index in [-0.39, 0.29) is 11.4 Å². The molecule has 0 saturated heterocycles. The number of rotatable bonds is 8. The Kier molecular flexibility index (Phi) is 6.69. The average molecular weight is 484 g/mol. The third kappa shape index (κ3) is 4.73. The molecule has 0 spiro atoms. The number of hydrogen-bond donors (Lipinski definition) is 1. The lowest BCUT2D eigenvalue weighted by Gasteiger charge is -2.22. The van der Waals surface area contributed by atoms with Crippen LogP contribution in [0.25, 0.3) is 22.6 Å². The average Bonchev–Trinajstić information content (AvgIpc) is 3.34. The zero-order chi connectivity index (χ0) is 23.6. The van der Waals surface area contributed by atoms with E-state index >= 15 is 0 Å². The monoisotopic (exact) mass is 483 g/mol. The molecule has 0 aliphatic carbocycles. The summed E-state index contributed by atoms with van der Waals surface area (Å²) in [5.41, 5.74) is 3.02. The number of carboxylic acid groups (broad SMARTS) is 1. The largest absolute Gasteiger partial charge is 0.497 e. The van der Waals surface area contributed by atoms with Crippen LogP contribution in [0.2, 0.25) is 0 Å². The molecule has 0 bridgehead atoms. The van der Waals surface area contributed by atoms with Crippen molar-refractivity contribution in [1.29, 1.82) is 0 Å². The number of sulfonamides is 1. The highest BCUT2D eigenvalue weighted by atomic mass is 32.2. The Hall–Kier alpha value is -2.94. The van der Waals surface area contributed by atoms with Gasteiger partial charge in [0.1, 0.15) is 11.8 Å². The summed E-state index contributed by atoms with van der Waals surface area (Å²) in [6.45, 7) is 1.96. The van der Waals surface area contributed by atoms with Crippen molar-refractivity contribution in [1.82, 2.24) is 4.31 Å². The Morgan fingerprint density at radius 1 is 1.12 bits per heavy atom. The molecule has 1 N–H and O–H groups in total. The van der Waals surface area contributed by atoms with Crippen LogP contribution in [-0.2, 0) is 21.4 Å². The van der Waals surface area contributed by atoms with Crippen LogP contribution in [0.3, 0.4) is 0 Å². The number of fused-ring (bicyclic) bond motifs is 1. The van der Waals surface area contributed by atoms with Crippen LogP contribution in [0.5, 0.6) is 5.75 Å². The Bertz CT molecular complexity index is 1280. The van der Waals surface area contributed by atoms with Gasteiger partial charge in [-0.3, -0.25) is 4.79 Å². The van der Waals surface area contributed by atoms with E-state index in [2.05, 4.69) is 0 Å². The molecule has 3 aromatic rings. The molecular weight excluding hydrogens is 458 g/mol. The summed E-state index contributed by atoms with van der Waals surface area (Å²) in [6.07, 6.45) is 4.93. The van der Waals surface area contributed by atoms with E-state index in [9.17, 15) is 18.3 Å². The number of methoxy groups -OCH3 is 1. The fraction of sp³-hybridized carbons (Fsp3) is 0.240. The second-order valence-corrected chi connectivity index (χ2v) is 10.8. The van der Waals surface area contributed by atoms with Gasteiger partial charge in [0.15, 0.2) is 0 Å². The lowest BCUT2D eigenvalue weighted by Crippen LogP contribution is -2.41. The van der Waals surface area contributed by atoms with E-state index in [1.807, 2.05) is 67.6 Å². The highest BCUT2D eigenvalue weighted by Gasteiger charge is 2.43. The molecule has 33 heavy (non-hydrogen) atoms. The minimum Gasteiger partial charge on any atom is -0.497 e. The third-order valence-corrected chi connectivity index (χ3v) is 8.85. The molecule has 8 heteroatoms. The van der Waals surface area contributed by atoms with Gasteiger partial charge in [0.25, 0.3) is 0 Å². The first-order chi connectivity index (χ1) is 15.8. The number of carbonyl (C=O) groups is 1. The number of thiophene rings is 1. The van der Waals surface area contributed by atoms with Crippen LogP contribution in [-0.4, -0.2) is 37.0 Å². The second kappa shape index (κ2) is 9.51. The first-order valence-electron chi connectivity index (χ1n) is 10.6. The highest BCUT2D eigenvalue weighted by Crippen LogP contribution is 2.42. The molecule has 1 atom stereocenters. The molecule has 1 aromatic heterocycles. The van der Waals surface area contributed by atoms with E-state index in [0.717, 1.165) is 31.6 Å². The van der Waals surface area contributed by atoms with Gasteiger partial charge >= 0.3 is 5.97 Å². The van der Waals surface area contributed by atoms with E-state index in [4.69, 9.17) is 4.74 Å². The van der Waals surface area contributed by atoms with Crippen molar-refractivity contribution in [3.8, 4) is 16.2 Å². The molecule has 0 amide bonds. The zero-order valence-corrected chi connectivity index (χ0v) is 20.0. The molecule has 2 aromatic carbocycles. The van der Waals surface area contributed by atoms with Gasteiger partial charge in [-0.05, 0) is 41.3 Å². The fourth-order valence-corrected chi connectivity index (χ4v) is 7.20. The van der Waals surface area contributed by atoms with E-state index in [0.29, 0.717) is 17.7 Å². The van der Waals surface area contributed by atoms with Gasteiger partial charge in [-0.1, -0.05) is 61.9 Å². The van der Waals surface area contributed by atoms with E-state index < -0.39 is 22.0 Å². The van der Waals surface area contributed by atoms with Gasteiger partial charge < -0.3 is 9.84 Å². The lowest BCUT2D eigenvalue weighted by atomic mass is 10.1. The zero-order valence-electron chi connectivity index (χ0n) is 18.4. The first kappa shape index (κ1) is 23.2. The third-order valence-electron chi connectivity index (χ3n) is 5.63. The van der Waals surface area contributed by atoms with Crippen molar-refractivity contribution < 1.29 is 23.1 Å². The quantitative estimate of drug-likeness (QED) is 0.437. The Morgan fingerprint density at radius 3 is 2.24 bits per heavy atom. The SMILES string of the molecule is CCCC(C(=O)O)N1Cc2sc(-c3ccc(/C=C/c4ccc(OC)cc4)cc3)cc2S1(=O)=O. The predicted octanol–water partition coefficient (Wildman–Crippen LogP) is 5.35. The van der Waals surface area contributed by atoms with Crippen LogP contribution < -0.4 is 4.74 Å². The molecular formula is C25H25NO5S2. The van der Waals surface area contributed by atoms with Crippen molar-refractivity contribution in [3.05, 3.63) is 70.6 Å². The Balaban J connectivity index is 1.51. The van der Waals surface area contributed by atoms with E-state index in [1.54, 1.807) is 13.2 Å². The van der Waals surface area contributed by atoms with Crippen LogP contribution in [0.4, 0.5) is 0 Å². The smallest absolute Gasteiger partial charge is 0.322 e. The molecule has 1 unspecified atom stereocenters. The maximum Gasteiger partial charge on any atom is 0.322 e. The van der Waals surface area contributed by atoms with Crippen LogP contribution in [0, 0.1) is 0 Å². The molecule has 0 fully saturated rings. The van der Waals surface area contributed by atoms with Gasteiger partial charge in [0.2, 0.25) is 10.0 Å². The minimum atomic E-state index is -3.81. The molecule has 6 nitrogen and oxygen atoms in total. The van der Waals surface area contributed by atoms with Gasteiger partial charge in [0.05, 0.1) is 18.6 Å². The van der Waals surface area contributed by atoms with Gasteiger partial charge in [-0.2, -0.15) is 4.31 Å². The predicted molar refractivity (Wildman–Crippen MR) is 131 cm³/mol. The summed E-state index contributed by atoms with van der Waals surface area (Å²) < 4.78 is 32.3. The van der Waals surface area contributed by atoms with Crippen LogP contribution >= 0.6 is 11.3 Å². The Labute approximate surface area is 197 Å². The molecule has 1 aliphatic heterocycles. The van der Waals surface area contributed by atoms with Gasteiger partial charge in [0, 0.05) is 9.75 Å². The highest BCUT2D eigenvalue weighted by molar-refractivity contribution is 7.89. The second-order valence-electron chi connectivity index (χ2n) is 7.82. The standard InChI is InChI=1S/C25H25NO5S2/c1-3-4-21(25(27)28)26-16-23-24(33(26,29)30)15-22(32-23)19-11-7-17(8-12-19)5-6-18-9-13-20(31-2)14-10-18/h5-15,21H,3-4,16H2,1-2H3,(H,27,28)/b6-5+. The van der Waals surface area contributed by atoms with E-state index in [1.165, 1.54) is 11.3 Å². The lowest BCUT2D eigenvalue weighted by molar-refractivity contribution is -0.141. The summed E-state index contributed by atoms with van der Waals surface area (Å²) in [5, 5.41) is 9.50. The number of aliphatic carboxylic acids is 1. The summed E-state index contributed by atoms with van der Waals surface area (Å²) in [4.78, 5) is 13.4. The number of ether oxygens (including phenoxy) is 1. The van der Waals surface area contributed by atoms with Gasteiger partial charge in [-0.15, -0.1) is 11.3 Å². The summed E-state index contributed by atoms with van der Waals surface area (Å²) in [7, 11) is -2.17. The topological polar surface area (TPSA) is 83.9 Å². The van der Waals surface area contributed by atoms with Crippen LogP contribution in [0.1, 0.15) is 35.8 Å². The molecule has 2 heterocycles. The maximum absolute atomic E-state index is 13.0. The maximum atomic E-state index is 13.0. The van der Waals surface area contributed by atoms with Crippen LogP contribution in [0.15, 0.2) is 59.5 Å². The summed E-state index contributed by atoms with van der Waals surface area (Å²) in [5.74, 6) is -0.289. The first-order valence-corrected chi connectivity index (χ1v) is 12.9.